The van der Waals surface area contributed by atoms with Gasteiger partial charge < -0.3 is 0 Å². The molecular formula is C12H22N2O3S. The van der Waals surface area contributed by atoms with Crippen LogP contribution < -0.4 is 4.72 Å². The number of carbonyl (C=O) groups is 1. The first-order valence-electron chi connectivity index (χ1n) is 6.76. The van der Waals surface area contributed by atoms with Crippen LogP contribution in [-0.2, 0) is 15.0 Å². The smallest absolute Gasteiger partial charge is 0.279 e. The maximum atomic E-state index is 12.2. The largest absolute Gasteiger partial charge is 0.300 e. The van der Waals surface area contributed by atoms with Gasteiger partial charge >= 0.3 is 0 Å². The van der Waals surface area contributed by atoms with E-state index in [4.69, 9.17) is 0 Å². The Morgan fingerprint density at radius 1 is 1.22 bits per heavy atom. The molecule has 1 aliphatic carbocycles. The number of nitrogens with zero attached hydrogens (tertiary/aromatic N) is 1. The van der Waals surface area contributed by atoms with Crippen molar-refractivity contribution >= 4 is 16.0 Å². The van der Waals surface area contributed by atoms with Gasteiger partial charge in [0.25, 0.3) is 10.2 Å². The molecule has 0 spiro atoms. The molecule has 1 saturated heterocycles. The molecular weight excluding hydrogens is 252 g/mol. The fraction of sp³-hybridized carbons (Fsp3) is 0.917. The van der Waals surface area contributed by atoms with Gasteiger partial charge in [0.15, 0.2) is 0 Å². The average Bonchev–Trinajstić information content (AvgIpc) is 2.32. The van der Waals surface area contributed by atoms with Crippen molar-refractivity contribution < 1.29 is 13.2 Å². The van der Waals surface area contributed by atoms with E-state index in [0.29, 0.717) is 44.7 Å². The maximum Gasteiger partial charge on any atom is 0.279 e. The Balaban J connectivity index is 1.92. The SMILES string of the molecule is CC1CCCN(S(=O)(=O)NC2CCC(=O)CC2)C1. The van der Waals surface area contributed by atoms with E-state index in [-0.39, 0.29) is 11.8 Å². The molecule has 104 valence electrons. The van der Waals surface area contributed by atoms with Crippen LogP contribution in [0.25, 0.3) is 0 Å². The van der Waals surface area contributed by atoms with Crippen molar-refractivity contribution in [3.8, 4) is 0 Å². The van der Waals surface area contributed by atoms with E-state index >= 15 is 0 Å². The van der Waals surface area contributed by atoms with Gasteiger partial charge in [0.05, 0.1) is 0 Å². The fourth-order valence-corrected chi connectivity index (χ4v) is 4.33. The normalized spacial score (nSPS) is 28.5. The van der Waals surface area contributed by atoms with Crippen LogP contribution in [0.2, 0.25) is 0 Å². The topological polar surface area (TPSA) is 66.5 Å². The molecule has 0 bridgehead atoms. The van der Waals surface area contributed by atoms with E-state index < -0.39 is 10.2 Å². The van der Waals surface area contributed by atoms with E-state index in [2.05, 4.69) is 11.6 Å². The molecule has 2 aliphatic rings. The van der Waals surface area contributed by atoms with Gasteiger partial charge in [-0.2, -0.15) is 17.4 Å². The standard InChI is InChI=1S/C12H22N2O3S/c1-10-3-2-8-14(9-10)18(16,17)13-11-4-6-12(15)7-5-11/h10-11,13H,2-9H2,1H3. The Kier molecular flexibility index (Phi) is 4.40. The monoisotopic (exact) mass is 274 g/mol. The lowest BCUT2D eigenvalue weighted by Gasteiger charge is -2.32. The van der Waals surface area contributed by atoms with Crippen LogP contribution >= 0.6 is 0 Å². The third-order valence-corrected chi connectivity index (χ3v) is 5.46. The van der Waals surface area contributed by atoms with Gasteiger partial charge in [-0.3, -0.25) is 4.79 Å². The number of hydrogen-bond acceptors (Lipinski definition) is 3. The molecule has 1 unspecified atom stereocenters. The Morgan fingerprint density at radius 2 is 1.89 bits per heavy atom. The van der Waals surface area contributed by atoms with E-state index in [9.17, 15) is 13.2 Å². The maximum absolute atomic E-state index is 12.2. The van der Waals surface area contributed by atoms with Crippen LogP contribution in [-0.4, -0.2) is 37.6 Å². The van der Waals surface area contributed by atoms with Crippen molar-refractivity contribution in [2.45, 2.75) is 51.5 Å². The van der Waals surface area contributed by atoms with Crippen LogP contribution in [0.4, 0.5) is 0 Å². The summed E-state index contributed by atoms with van der Waals surface area (Å²) in [5.74, 6) is 0.681. The second kappa shape index (κ2) is 5.67. The van der Waals surface area contributed by atoms with Crippen molar-refractivity contribution in [1.29, 1.82) is 0 Å². The van der Waals surface area contributed by atoms with E-state index in [1.165, 1.54) is 0 Å². The molecule has 1 heterocycles. The Labute approximate surface area is 109 Å². The molecule has 2 rings (SSSR count). The molecule has 0 aromatic carbocycles. The zero-order valence-electron chi connectivity index (χ0n) is 10.9. The molecule has 1 aliphatic heterocycles. The molecule has 1 saturated carbocycles. The predicted octanol–water partition coefficient (Wildman–Crippen LogP) is 1.06. The second-order valence-corrected chi connectivity index (χ2v) is 7.24. The lowest BCUT2D eigenvalue weighted by molar-refractivity contribution is -0.120. The molecule has 18 heavy (non-hydrogen) atoms. The molecule has 1 N–H and O–H groups in total. The summed E-state index contributed by atoms with van der Waals surface area (Å²) in [4.78, 5) is 11.1. The van der Waals surface area contributed by atoms with E-state index in [1.807, 2.05) is 0 Å². The van der Waals surface area contributed by atoms with Crippen LogP contribution in [0.1, 0.15) is 45.4 Å². The molecule has 0 aromatic rings. The highest BCUT2D eigenvalue weighted by Gasteiger charge is 2.30. The van der Waals surface area contributed by atoms with Gasteiger partial charge in [-0.15, -0.1) is 0 Å². The van der Waals surface area contributed by atoms with Crippen molar-refractivity contribution in [2.24, 2.45) is 5.92 Å². The summed E-state index contributed by atoms with van der Waals surface area (Å²) in [5.41, 5.74) is 0. The third kappa shape index (κ3) is 3.52. The first-order valence-corrected chi connectivity index (χ1v) is 8.20. The minimum absolute atomic E-state index is 0.0649. The zero-order valence-corrected chi connectivity index (χ0v) is 11.7. The first kappa shape index (κ1) is 14.0. The van der Waals surface area contributed by atoms with Crippen LogP contribution in [0, 0.1) is 5.92 Å². The summed E-state index contributed by atoms with van der Waals surface area (Å²) < 4.78 is 28.7. The highest BCUT2D eigenvalue weighted by atomic mass is 32.2. The number of ketones is 1. The predicted molar refractivity (Wildman–Crippen MR) is 69.3 cm³/mol. The van der Waals surface area contributed by atoms with Gasteiger partial charge in [-0.1, -0.05) is 6.92 Å². The molecule has 5 nitrogen and oxygen atoms in total. The van der Waals surface area contributed by atoms with Gasteiger partial charge in [0, 0.05) is 32.0 Å². The number of carbonyl (C=O) groups excluding carboxylic acids is 1. The average molecular weight is 274 g/mol. The second-order valence-electron chi connectivity index (χ2n) is 5.54. The van der Waals surface area contributed by atoms with Crippen molar-refractivity contribution in [3.05, 3.63) is 0 Å². The lowest BCUT2D eigenvalue weighted by atomic mass is 9.95. The first-order chi connectivity index (χ1) is 8.47. The van der Waals surface area contributed by atoms with Gasteiger partial charge in [-0.25, -0.2) is 0 Å². The van der Waals surface area contributed by atoms with Gasteiger partial charge in [-0.05, 0) is 31.6 Å². The summed E-state index contributed by atoms with van der Waals surface area (Å²) in [6.45, 7) is 3.31. The minimum atomic E-state index is -3.36. The molecule has 0 aromatic heterocycles. The summed E-state index contributed by atoms with van der Waals surface area (Å²) in [7, 11) is -3.36. The zero-order chi connectivity index (χ0) is 13.2. The minimum Gasteiger partial charge on any atom is -0.300 e. The molecule has 0 radical (unpaired) electrons. The quantitative estimate of drug-likeness (QED) is 0.837. The number of Topliss-reactive ketones (excluding diaryl/α,β-unsaturated/α-hetero) is 1. The van der Waals surface area contributed by atoms with Crippen LogP contribution in [0.3, 0.4) is 0 Å². The number of rotatable bonds is 3. The lowest BCUT2D eigenvalue weighted by Crippen LogP contribution is -2.49. The molecule has 1 atom stereocenters. The summed E-state index contributed by atoms with van der Waals surface area (Å²) in [5, 5.41) is 0. The van der Waals surface area contributed by atoms with Crippen LogP contribution in [0.5, 0.6) is 0 Å². The van der Waals surface area contributed by atoms with Gasteiger partial charge in [0.1, 0.15) is 5.78 Å². The molecule has 6 heteroatoms. The number of piperidine rings is 1. The number of hydrogen-bond donors (Lipinski definition) is 1. The van der Waals surface area contributed by atoms with Crippen molar-refractivity contribution in [1.82, 2.24) is 9.03 Å². The highest BCUT2D eigenvalue weighted by Crippen LogP contribution is 2.20. The Bertz CT molecular complexity index is 398. The van der Waals surface area contributed by atoms with Crippen molar-refractivity contribution in [3.63, 3.8) is 0 Å². The van der Waals surface area contributed by atoms with E-state index in [1.54, 1.807) is 4.31 Å². The number of nitrogens with one attached hydrogen (secondary N) is 1. The summed E-state index contributed by atoms with van der Waals surface area (Å²) >= 11 is 0. The molecule has 0 amide bonds. The van der Waals surface area contributed by atoms with Crippen molar-refractivity contribution in [2.75, 3.05) is 13.1 Å². The van der Waals surface area contributed by atoms with Crippen LogP contribution in [0.15, 0.2) is 0 Å². The molecule has 2 fully saturated rings. The van der Waals surface area contributed by atoms with E-state index in [0.717, 1.165) is 12.8 Å². The summed E-state index contributed by atoms with van der Waals surface area (Å²) in [6, 6.07) is -0.0649. The van der Waals surface area contributed by atoms with Gasteiger partial charge in [0.2, 0.25) is 0 Å². The summed E-state index contributed by atoms with van der Waals surface area (Å²) in [6.07, 6.45) is 4.32. The Hall–Kier alpha value is -0.460. The fourth-order valence-electron chi connectivity index (χ4n) is 2.71. The third-order valence-electron chi connectivity index (χ3n) is 3.82. The Morgan fingerprint density at radius 3 is 2.50 bits per heavy atom. The highest BCUT2D eigenvalue weighted by molar-refractivity contribution is 7.87.